The largest absolute Gasteiger partial charge is 0.481 e. The third kappa shape index (κ3) is 61.9. The van der Waals surface area contributed by atoms with Gasteiger partial charge >= 0.3 is 29.1 Å². The number of aliphatic carboxylic acids is 2. The van der Waals surface area contributed by atoms with Crippen LogP contribution >= 0.6 is 79.4 Å². The van der Waals surface area contributed by atoms with Crippen LogP contribution in [0.4, 0.5) is 0 Å². The molecule has 0 aromatic heterocycles. The summed E-state index contributed by atoms with van der Waals surface area (Å²) in [6.45, 7) is 57.9. The van der Waals surface area contributed by atoms with Crippen LogP contribution in [0.15, 0.2) is 128 Å². The standard InChI is InChI=1S/C39H72N2O6S3Si3.C26H27O2P.C26H50O2S3Si3.C8H13NO3.C5H9NO.C2H6O/c1-11-13-15-18-28-49-39(48)50-35(37(44)40-27-17-16-19-36(42)43)31-34(38(45)41(3)4)25-24-32-20-22-33(23-21-32)26-30-52(7,8)47-53(9,10)46-51(5,6)29-14-12-2;1-16-12-18(3)23(19(4)13-16)25(27)29(22-10-8-7-9-11-22)26(28)24-20(5)14-17(2)15-21(24)6;1-9-11-13-14-20-30-26(29)31-23-25-17-15-24(16-18-25)19-22-33(5,6)28-34(7,8)27-32(3,4)21-12-10-2;1-2-7(10)9-6-4-3-5-8(11)12;1-4-5(7)6(2)3;1-2-3/h20-23,34-35H,11-19,24-31H2,1-10H3,(H,40,44)(H,42,43);7-15H,1-6H3;15-18H,9-14,19-23H2,1-8H3;2H,1,3-6H2,(H,9,10)(H,11,12);4H,1H2,2-3H3;3H,2H2,1H3. The van der Waals surface area contributed by atoms with Crippen molar-refractivity contribution in [1.82, 2.24) is 20.4 Å². The maximum absolute atomic E-state index is 13.8. The van der Waals surface area contributed by atoms with Crippen molar-refractivity contribution in [3.05, 3.63) is 195 Å². The molecule has 0 saturated carbocycles. The Labute approximate surface area is 870 Å². The van der Waals surface area contributed by atoms with Crippen LogP contribution in [0.1, 0.15) is 239 Å². The van der Waals surface area contributed by atoms with Gasteiger partial charge in [0.2, 0.25) is 23.6 Å². The van der Waals surface area contributed by atoms with E-state index in [9.17, 15) is 38.4 Å². The van der Waals surface area contributed by atoms with E-state index in [2.05, 4.69) is 179 Å². The number of rotatable bonds is 57. The van der Waals surface area contributed by atoms with Gasteiger partial charge in [0.25, 0.3) is 0 Å². The van der Waals surface area contributed by atoms with Crippen LogP contribution in [0, 0.1) is 47.5 Å². The van der Waals surface area contributed by atoms with Gasteiger partial charge in [-0.25, -0.2) is 0 Å². The molecular formula is C106H177N4O15PS6Si6. The second kappa shape index (κ2) is 72.2. The number of aryl methyl sites for hydroxylation is 9. The van der Waals surface area contributed by atoms with Crippen LogP contribution in [0.3, 0.4) is 0 Å². The third-order valence-electron chi connectivity index (χ3n) is 22.1. The molecule has 5 rings (SSSR count). The van der Waals surface area contributed by atoms with Gasteiger partial charge in [-0.2, -0.15) is 0 Å². The molecule has 32 heteroatoms. The number of hydrogen-bond donors (Lipinski definition) is 5. The highest BCUT2D eigenvalue weighted by Gasteiger charge is 2.42. The lowest BCUT2D eigenvalue weighted by molar-refractivity contribution is -0.138. The van der Waals surface area contributed by atoms with E-state index < -0.39 is 75.5 Å². The quantitative estimate of drug-likeness (QED) is 0.00796. The van der Waals surface area contributed by atoms with Gasteiger partial charge < -0.3 is 52.2 Å². The number of hydrogen-bond acceptors (Lipinski definition) is 19. The van der Waals surface area contributed by atoms with Gasteiger partial charge in [0, 0.05) is 83.5 Å². The molecular weight excluding hydrogens is 1960 g/mol. The lowest BCUT2D eigenvalue weighted by atomic mass is 9.93. The fraction of sp³-hybridized carbons (Fsp3) is 0.585. The van der Waals surface area contributed by atoms with Crippen LogP contribution in [-0.2, 0) is 70.2 Å². The first-order chi connectivity index (χ1) is 64.6. The maximum Gasteiger partial charge on any atom is 0.311 e. The van der Waals surface area contributed by atoms with Crippen molar-refractivity contribution in [1.29, 1.82) is 0 Å². The van der Waals surface area contributed by atoms with Crippen molar-refractivity contribution in [3.63, 3.8) is 0 Å². The topological polar surface area (TPSA) is 265 Å². The number of amides is 4. The number of thioether (sulfide) groups is 4. The summed E-state index contributed by atoms with van der Waals surface area (Å²) in [6.07, 6.45) is 23.6. The van der Waals surface area contributed by atoms with Gasteiger partial charge in [-0.3, -0.25) is 38.4 Å². The zero-order valence-electron chi connectivity index (χ0n) is 89.4. The molecule has 776 valence electrons. The summed E-state index contributed by atoms with van der Waals surface area (Å²) in [7, 11) is -6.21. The zero-order chi connectivity index (χ0) is 105. The highest BCUT2D eigenvalue weighted by Crippen LogP contribution is 2.46. The minimum atomic E-state index is -2.23. The Morgan fingerprint density at radius 3 is 1.18 bits per heavy atom. The second-order valence-electron chi connectivity index (χ2n) is 39.1. The van der Waals surface area contributed by atoms with Crippen LogP contribution in [0.2, 0.25) is 103 Å². The summed E-state index contributed by atoms with van der Waals surface area (Å²) < 4.78 is 28.9. The van der Waals surface area contributed by atoms with E-state index in [1.54, 1.807) is 51.8 Å². The summed E-state index contributed by atoms with van der Waals surface area (Å²) in [5.74, 6) is 0.673. The lowest BCUT2D eigenvalue weighted by Gasteiger charge is -2.39. The van der Waals surface area contributed by atoms with Crippen molar-refractivity contribution in [2.75, 3.05) is 59.4 Å². The Balaban J connectivity index is 0.00000189. The lowest BCUT2D eigenvalue weighted by Crippen LogP contribution is -2.52. The van der Waals surface area contributed by atoms with Crippen LogP contribution in [-0.4, -0.2) is 194 Å². The number of benzene rings is 5. The smallest absolute Gasteiger partial charge is 0.311 e. The number of likely N-dealkylation sites (N-methyl/N-ethyl adjacent to an activating group) is 1. The number of nitrogens with zero attached hydrogens (tertiary/aromatic N) is 2. The molecule has 138 heavy (non-hydrogen) atoms. The summed E-state index contributed by atoms with van der Waals surface area (Å²) >= 11 is 17.9. The highest BCUT2D eigenvalue weighted by atomic mass is 32.2. The minimum absolute atomic E-state index is 0.0127. The molecule has 0 aliphatic rings. The maximum atomic E-state index is 13.8. The number of carboxylic acids is 2. The van der Waals surface area contributed by atoms with Gasteiger partial charge in [-0.15, -0.1) is 35.3 Å². The first-order valence-electron chi connectivity index (χ1n) is 49.6. The van der Waals surface area contributed by atoms with Crippen molar-refractivity contribution in [3.8, 4) is 0 Å². The average Bonchev–Trinajstić information content (AvgIpc) is 0.774. The zero-order valence-corrected chi connectivity index (χ0v) is 101. The number of carboxylic acid groups (broad SMARTS) is 2. The van der Waals surface area contributed by atoms with Crippen LogP contribution in [0.25, 0.3) is 0 Å². The molecule has 0 fully saturated rings. The van der Waals surface area contributed by atoms with E-state index in [0.29, 0.717) is 62.7 Å². The molecule has 0 heterocycles. The van der Waals surface area contributed by atoms with E-state index in [-0.39, 0.29) is 60.0 Å². The third-order valence-corrected chi connectivity index (χ3v) is 52.6. The number of aliphatic hydroxyl groups is 1. The molecule has 0 radical (unpaired) electrons. The van der Waals surface area contributed by atoms with Crippen molar-refractivity contribution >= 4 is 189 Å². The van der Waals surface area contributed by atoms with E-state index in [1.807, 2.05) is 120 Å². The van der Waals surface area contributed by atoms with E-state index in [4.69, 9.17) is 56.2 Å². The molecule has 0 spiro atoms. The Morgan fingerprint density at radius 2 is 0.826 bits per heavy atom. The SMILES string of the molecule is C=CC(=O)N(C)C.C=CC(=O)NCCCCC(=O)O.CCCCCCSC(=S)SC(CC(CCc1ccc(CC[Si](C)(C)O[Si](C)(C)O[Si](C)(C)CCCC)cc1)C(=O)N(C)C)C(=O)NCCCCC(=O)O.CCCCCCSC(=S)SCc1ccc(CC[Si](C)(C)O[Si](C)(C)O[Si](C)(C)CCCC)cc1.CCO.Cc1cc(C)c(C(=O)P(C(=O)c2c(C)cc(C)cc2C)c2ccccc2)c(C)c1. The number of unbranched alkanes of at least 4 members (excludes halogenated alkanes) is 10. The molecule has 5 N–H and O–H groups in total. The Kier molecular flexibility index (Phi) is 69.5. The summed E-state index contributed by atoms with van der Waals surface area (Å²) in [6, 6.07) is 40.1. The molecule has 0 bridgehead atoms. The molecule has 0 aliphatic heterocycles. The van der Waals surface area contributed by atoms with Crippen LogP contribution in [0.5, 0.6) is 0 Å². The first-order valence-corrected chi connectivity index (χ1v) is 73.7. The first kappa shape index (κ1) is 133. The van der Waals surface area contributed by atoms with E-state index in [1.165, 1.54) is 134 Å². The molecule has 0 saturated heterocycles. The number of thiocarbonyl (C=S) groups is 2. The summed E-state index contributed by atoms with van der Waals surface area (Å²) in [4.78, 5) is 99.5. The predicted octanol–water partition coefficient (Wildman–Crippen LogP) is 27.4. The van der Waals surface area contributed by atoms with E-state index >= 15 is 0 Å². The molecule has 5 aromatic carbocycles. The summed E-state index contributed by atoms with van der Waals surface area (Å²) in [5.41, 5.74) is 12.4. The molecule has 19 nitrogen and oxygen atoms in total. The normalized spacial score (nSPS) is 11.9. The van der Waals surface area contributed by atoms with Gasteiger partial charge in [-0.05, 0) is 295 Å². The Hall–Kier alpha value is -5.15. The average molecular weight is 2140 g/mol. The highest BCUT2D eigenvalue weighted by molar-refractivity contribution is 8.47. The monoisotopic (exact) mass is 2140 g/mol. The molecule has 2 atom stereocenters. The van der Waals surface area contributed by atoms with Crippen molar-refractivity contribution in [2.24, 2.45) is 5.92 Å². The van der Waals surface area contributed by atoms with E-state index in [0.717, 1.165) is 101 Å². The molecule has 2 unspecified atom stereocenters. The molecule has 5 aromatic rings. The Bertz CT molecular complexity index is 4360. The molecule has 0 aliphatic carbocycles. The van der Waals surface area contributed by atoms with Gasteiger partial charge in [0.1, 0.15) is 7.06 Å². The second-order valence-corrected chi connectivity index (χ2v) is 72.8. The fourth-order valence-electron chi connectivity index (χ4n) is 15.7. The predicted molar refractivity (Wildman–Crippen MR) is 619 cm³/mol. The number of nitrogens with one attached hydrogen (secondary N) is 2. The van der Waals surface area contributed by atoms with Gasteiger partial charge in [-0.1, -0.05) is 256 Å². The fourth-order valence-corrected chi connectivity index (χ4v) is 51.0. The van der Waals surface area contributed by atoms with Gasteiger partial charge in [0.05, 0.1) is 13.2 Å². The summed E-state index contributed by atoms with van der Waals surface area (Å²) in [5, 5.41) is 30.6. The number of aliphatic hydroxyl groups excluding tert-OH is 1. The minimum Gasteiger partial charge on any atom is -0.481 e. The Morgan fingerprint density at radius 1 is 0.457 bits per heavy atom. The van der Waals surface area contributed by atoms with Crippen molar-refractivity contribution < 1.29 is 70.1 Å². The number of carbonyl (C=O) groups excluding carboxylic acids is 6. The van der Waals surface area contributed by atoms with Crippen molar-refractivity contribution in [2.45, 2.75) is 338 Å². The molecule has 4 amide bonds. The van der Waals surface area contributed by atoms with Gasteiger partial charge in [0.15, 0.2) is 44.3 Å². The van der Waals surface area contributed by atoms with Crippen LogP contribution < -0.4 is 15.9 Å². The number of carbonyl (C=O) groups is 8.